The zero-order valence-electron chi connectivity index (χ0n) is 19.7. The molecule has 1 amide bonds. The molecule has 8 nitrogen and oxygen atoms in total. The molecule has 0 N–H and O–H groups in total. The predicted octanol–water partition coefficient (Wildman–Crippen LogP) is 4.79. The van der Waals surface area contributed by atoms with Crippen molar-refractivity contribution in [3.05, 3.63) is 90.1 Å². The minimum atomic E-state index is 0.000817. The number of hydrogen-bond donors (Lipinski definition) is 0. The fraction of sp³-hybridized carbons (Fsp3) is 0.143. The Kier molecular flexibility index (Phi) is 6.45. The van der Waals surface area contributed by atoms with E-state index in [-0.39, 0.29) is 12.7 Å². The van der Waals surface area contributed by atoms with Crippen LogP contribution in [-0.2, 0) is 11.3 Å². The van der Waals surface area contributed by atoms with E-state index in [0.717, 1.165) is 22.4 Å². The van der Waals surface area contributed by atoms with Crippen molar-refractivity contribution in [3.63, 3.8) is 0 Å². The maximum absolute atomic E-state index is 12.5. The van der Waals surface area contributed by atoms with Crippen LogP contribution >= 0.6 is 0 Å². The minimum absolute atomic E-state index is 0.000817. The summed E-state index contributed by atoms with van der Waals surface area (Å²) < 4.78 is 12.4. The van der Waals surface area contributed by atoms with Crippen LogP contribution in [0.2, 0.25) is 0 Å². The number of anilines is 1. The second-order valence-corrected chi connectivity index (χ2v) is 8.27. The summed E-state index contributed by atoms with van der Waals surface area (Å²) in [5, 5.41) is 18.1. The molecule has 0 unspecified atom stereocenters. The molecule has 178 valence electrons. The van der Waals surface area contributed by atoms with Crippen LogP contribution in [0, 0.1) is 11.3 Å². The topological polar surface area (TPSA) is 93.3 Å². The second kappa shape index (κ2) is 10.2. The van der Waals surface area contributed by atoms with Crippen molar-refractivity contribution >= 4 is 23.2 Å². The third-order valence-corrected chi connectivity index (χ3v) is 5.93. The highest BCUT2D eigenvalue weighted by Crippen LogP contribution is 2.33. The predicted molar refractivity (Wildman–Crippen MR) is 136 cm³/mol. The quantitative estimate of drug-likeness (QED) is 0.281. The molecule has 0 saturated heterocycles. The Morgan fingerprint density at radius 3 is 2.64 bits per heavy atom. The fourth-order valence-electron chi connectivity index (χ4n) is 3.88. The van der Waals surface area contributed by atoms with Gasteiger partial charge < -0.3 is 14.4 Å². The van der Waals surface area contributed by atoms with Crippen molar-refractivity contribution in [1.29, 1.82) is 5.26 Å². The Morgan fingerprint density at radius 2 is 1.86 bits per heavy atom. The van der Waals surface area contributed by atoms with Gasteiger partial charge in [0.25, 0.3) is 0 Å². The van der Waals surface area contributed by atoms with Gasteiger partial charge in [0, 0.05) is 24.7 Å². The maximum atomic E-state index is 12.5. The molecule has 0 atom stereocenters. The number of hydrogen-bond acceptors (Lipinski definition) is 6. The third-order valence-electron chi connectivity index (χ3n) is 5.93. The van der Waals surface area contributed by atoms with Crippen LogP contribution in [0.4, 0.5) is 5.69 Å². The Balaban J connectivity index is 1.24. The van der Waals surface area contributed by atoms with Gasteiger partial charge in [-0.1, -0.05) is 53.7 Å². The zero-order valence-corrected chi connectivity index (χ0v) is 19.7. The average molecular weight is 478 g/mol. The largest absolute Gasteiger partial charge is 0.454 e. The number of allylic oxidation sites excluding steroid dienone is 1. The molecule has 3 aromatic carbocycles. The highest BCUT2D eigenvalue weighted by molar-refractivity contribution is 5.92. The summed E-state index contributed by atoms with van der Waals surface area (Å²) in [6.45, 7) is 0.638. The molecule has 1 aromatic heterocycles. The third kappa shape index (κ3) is 4.95. The summed E-state index contributed by atoms with van der Waals surface area (Å²) in [6.07, 6.45) is 3.94. The molecule has 1 aliphatic heterocycles. The van der Waals surface area contributed by atoms with Crippen LogP contribution in [-0.4, -0.2) is 34.7 Å². The van der Waals surface area contributed by atoms with Gasteiger partial charge in [-0.2, -0.15) is 5.26 Å². The molecule has 8 heteroatoms. The van der Waals surface area contributed by atoms with Crippen LogP contribution in [0.1, 0.15) is 17.5 Å². The average Bonchev–Trinajstić information content (AvgIpc) is 3.60. The lowest BCUT2D eigenvalue weighted by Crippen LogP contribution is -2.27. The molecule has 0 aliphatic carbocycles. The van der Waals surface area contributed by atoms with Gasteiger partial charge >= 0.3 is 0 Å². The smallest absolute Gasteiger partial charge is 0.231 e. The van der Waals surface area contributed by atoms with E-state index >= 15 is 0 Å². The summed E-state index contributed by atoms with van der Waals surface area (Å²) in [7, 11) is 1.77. The summed E-state index contributed by atoms with van der Waals surface area (Å²) in [6, 6.07) is 25.0. The fourth-order valence-corrected chi connectivity index (χ4v) is 3.88. The number of amides is 1. The van der Waals surface area contributed by atoms with Crippen molar-refractivity contribution in [1.82, 2.24) is 15.0 Å². The first-order valence-electron chi connectivity index (χ1n) is 11.4. The standard InChI is InChI=1S/C28H23N5O3/c1-32(24-5-3-2-4-6-24)28(34)13-14-33-18-25(30-31-33)22-10-8-21(9-11-22)23(17-29)15-20-7-12-26-27(16-20)36-19-35-26/h2-12,15-16,18H,13-14,19H2,1H3/b23-15+. The van der Waals surface area contributed by atoms with Crippen LogP contribution in [0.15, 0.2) is 79.0 Å². The lowest BCUT2D eigenvalue weighted by atomic mass is 10.0. The van der Waals surface area contributed by atoms with E-state index in [9.17, 15) is 10.1 Å². The number of carbonyl (C=O) groups excluding carboxylic acids is 1. The number of fused-ring (bicyclic) bond motifs is 1. The first-order chi connectivity index (χ1) is 17.6. The molecular weight excluding hydrogens is 454 g/mol. The molecular formula is C28H23N5O3. The van der Waals surface area contributed by atoms with Gasteiger partial charge in [-0.3, -0.25) is 9.48 Å². The van der Waals surface area contributed by atoms with Gasteiger partial charge in [-0.25, -0.2) is 0 Å². The number of rotatable bonds is 7. The molecule has 36 heavy (non-hydrogen) atoms. The Bertz CT molecular complexity index is 1450. The molecule has 4 aromatic rings. The van der Waals surface area contributed by atoms with Crippen molar-refractivity contribution in [3.8, 4) is 28.8 Å². The number of aromatic nitrogens is 3. The Hall–Kier alpha value is -4.90. The van der Waals surface area contributed by atoms with E-state index in [4.69, 9.17) is 9.47 Å². The van der Waals surface area contributed by atoms with Gasteiger partial charge in [-0.15, -0.1) is 5.10 Å². The number of nitrogens with zero attached hydrogens (tertiary/aromatic N) is 5. The lowest BCUT2D eigenvalue weighted by molar-refractivity contribution is -0.118. The van der Waals surface area contributed by atoms with Crippen molar-refractivity contribution in [2.24, 2.45) is 0 Å². The first-order valence-corrected chi connectivity index (χ1v) is 11.4. The summed E-state index contributed by atoms with van der Waals surface area (Å²) in [5.74, 6) is 1.38. The van der Waals surface area contributed by atoms with Crippen LogP contribution in [0.5, 0.6) is 11.5 Å². The van der Waals surface area contributed by atoms with Gasteiger partial charge in [0.1, 0.15) is 5.69 Å². The summed E-state index contributed by atoms with van der Waals surface area (Å²) in [5.41, 5.74) is 4.61. The van der Waals surface area contributed by atoms with E-state index in [1.54, 1.807) is 16.6 Å². The summed E-state index contributed by atoms with van der Waals surface area (Å²) >= 11 is 0. The normalized spacial score (nSPS) is 12.3. The van der Waals surface area contributed by atoms with Crippen molar-refractivity contribution in [2.75, 3.05) is 18.7 Å². The Morgan fingerprint density at radius 1 is 1.08 bits per heavy atom. The SMILES string of the molecule is CN(C(=O)CCn1cc(-c2ccc(/C(C#N)=C/c3ccc4c(c3)OCO4)cc2)nn1)c1ccccc1. The van der Waals surface area contributed by atoms with E-state index in [1.807, 2.05) is 85.1 Å². The second-order valence-electron chi connectivity index (χ2n) is 8.27. The zero-order chi connectivity index (χ0) is 24.9. The molecule has 0 saturated carbocycles. The number of carbonyl (C=O) groups is 1. The highest BCUT2D eigenvalue weighted by atomic mass is 16.7. The molecule has 0 fully saturated rings. The van der Waals surface area contributed by atoms with Crippen molar-refractivity contribution in [2.45, 2.75) is 13.0 Å². The molecule has 0 radical (unpaired) electrons. The van der Waals surface area contributed by atoms with Gasteiger partial charge in [0.2, 0.25) is 12.7 Å². The Labute approximate surface area is 208 Å². The maximum Gasteiger partial charge on any atom is 0.231 e. The minimum Gasteiger partial charge on any atom is -0.454 e. The van der Waals surface area contributed by atoms with Gasteiger partial charge in [0.15, 0.2) is 11.5 Å². The van der Waals surface area contributed by atoms with Crippen LogP contribution in [0.25, 0.3) is 22.9 Å². The summed E-state index contributed by atoms with van der Waals surface area (Å²) in [4.78, 5) is 14.2. The van der Waals surface area contributed by atoms with E-state index < -0.39 is 0 Å². The highest BCUT2D eigenvalue weighted by Gasteiger charge is 2.14. The number of ether oxygens (including phenoxy) is 2. The van der Waals surface area contributed by atoms with Crippen LogP contribution in [0.3, 0.4) is 0 Å². The first kappa shape index (κ1) is 22.9. The number of aryl methyl sites for hydroxylation is 1. The number of benzene rings is 3. The molecule has 0 bridgehead atoms. The van der Waals surface area contributed by atoms with Gasteiger partial charge in [0.05, 0.1) is 24.4 Å². The molecule has 5 rings (SSSR count). The monoisotopic (exact) mass is 477 g/mol. The van der Waals surface area contributed by atoms with E-state index in [1.165, 1.54) is 0 Å². The number of nitriles is 1. The van der Waals surface area contributed by atoms with Crippen molar-refractivity contribution < 1.29 is 14.3 Å². The van der Waals surface area contributed by atoms with Crippen LogP contribution < -0.4 is 14.4 Å². The van der Waals surface area contributed by atoms with E-state index in [2.05, 4.69) is 16.4 Å². The van der Waals surface area contributed by atoms with Gasteiger partial charge in [-0.05, 0) is 41.5 Å². The lowest BCUT2D eigenvalue weighted by Gasteiger charge is -2.16. The molecule has 0 spiro atoms. The molecule has 1 aliphatic rings. The number of para-hydroxylation sites is 1. The van der Waals surface area contributed by atoms with E-state index in [0.29, 0.717) is 35.7 Å². The molecule has 2 heterocycles.